The Kier molecular flexibility index (Phi) is 4.98. The highest BCUT2D eigenvalue weighted by atomic mass is 16.5. The third-order valence-electron chi connectivity index (χ3n) is 4.91. The lowest BCUT2D eigenvalue weighted by Crippen LogP contribution is -2.40. The van der Waals surface area contributed by atoms with Crippen LogP contribution in [-0.4, -0.2) is 30.3 Å². The summed E-state index contributed by atoms with van der Waals surface area (Å²) in [4.78, 5) is 12.0. The molecule has 1 aromatic rings. The summed E-state index contributed by atoms with van der Waals surface area (Å²) in [6, 6.07) is 6.39. The molecule has 0 heterocycles. The number of amides is 1. The first-order chi connectivity index (χ1) is 10.7. The summed E-state index contributed by atoms with van der Waals surface area (Å²) in [6.45, 7) is 0.348. The van der Waals surface area contributed by atoms with Crippen LogP contribution in [0, 0.1) is 5.92 Å². The molecule has 0 bridgehead atoms. The molecule has 1 amide bonds. The number of hydrogen-bond donors (Lipinski definition) is 2. The molecular formula is C18H25NO3. The molecule has 3 rings (SSSR count). The van der Waals surface area contributed by atoms with Crippen LogP contribution < -0.4 is 10.1 Å². The zero-order chi connectivity index (χ0) is 15.4. The van der Waals surface area contributed by atoms with Crippen LogP contribution in [0.3, 0.4) is 0 Å². The quantitative estimate of drug-likeness (QED) is 0.877. The van der Waals surface area contributed by atoms with Crippen LogP contribution >= 0.6 is 0 Å². The highest BCUT2D eigenvalue weighted by Crippen LogP contribution is 2.26. The van der Waals surface area contributed by atoms with Gasteiger partial charge in [0.25, 0.3) is 5.91 Å². The van der Waals surface area contributed by atoms with E-state index in [1.54, 1.807) is 0 Å². The van der Waals surface area contributed by atoms with Gasteiger partial charge in [-0.25, -0.2) is 0 Å². The summed E-state index contributed by atoms with van der Waals surface area (Å²) in [5.74, 6) is 1.16. The van der Waals surface area contributed by atoms with Crippen LogP contribution in [0.1, 0.15) is 43.2 Å². The van der Waals surface area contributed by atoms with E-state index in [1.807, 2.05) is 6.07 Å². The zero-order valence-corrected chi connectivity index (χ0v) is 13.0. The summed E-state index contributed by atoms with van der Waals surface area (Å²) in [5.41, 5.74) is 2.78. The lowest BCUT2D eigenvalue weighted by molar-refractivity contribution is -0.124. The first kappa shape index (κ1) is 15.3. The van der Waals surface area contributed by atoms with Crippen LogP contribution in [0.5, 0.6) is 5.75 Å². The van der Waals surface area contributed by atoms with Gasteiger partial charge < -0.3 is 15.2 Å². The van der Waals surface area contributed by atoms with E-state index >= 15 is 0 Å². The topological polar surface area (TPSA) is 58.6 Å². The molecule has 1 aromatic carbocycles. The Labute approximate surface area is 131 Å². The van der Waals surface area contributed by atoms with E-state index in [2.05, 4.69) is 17.4 Å². The number of benzene rings is 1. The molecule has 2 N–H and O–H groups in total. The van der Waals surface area contributed by atoms with Gasteiger partial charge >= 0.3 is 0 Å². The zero-order valence-electron chi connectivity index (χ0n) is 13.0. The molecule has 0 aromatic heterocycles. The maximum atomic E-state index is 12.0. The van der Waals surface area contributed by atoms with Crippen molar-refractivity contribution in [3.63, 3.8) is 0 Å². The summed E-state index contributed by atoms with van der Waals surface area (Å²) in [6.07, 6.45) is 7.39. The standard InChI is InChI=1S/C18H25NO3/c20-11-13-4-7-16(8-5-13)19-18(21)12-22-17-9-6-14-2-1-3-15(14)10-17/h6,9-10,13,16,20H,1-5,7-8,11-12H2,(H,19,21). The second kappa shape index (κ2) is 7.14. The highest BCUT2D eigenvalue weighted by molar-refractivity contribution is 5.77. The van der Waals surface area contributed by atoms with Crippen LogP contribution in [0.15, 0.2) is 18.2 Å². The number of fused-ring (bicyclic) bond motifs is 1. The molecule has 0 spiro atoms. The van der Waals surface area contributed by atoms with Gasteiger partial charge in [-0.3, -0.25) is 4.79 Å². The maximum absolute atomic E-state index is 12.0. The Morgan fingerprint density at radius 3 is 2.73 bits per heavy atom. The van der Waals surface area contributed by atoms with E-state index in [1.165, 1.54) is 17.5 Å². The van der Waals surface area contributed by atoms with Crippen LogP contribution in [0.4, 0.5) is 0 Å². The predicted octanol–water partition coefficient (Wildman–Crippen LogP) is 2.22. The third-order valence-corrected chi connectivity index (χ3v) is 4.91. The van der Waals surface area contributed by atoms with Gasteiger partial charge in [-0.1, -0.05) is 6.07 Å². The average molecular weight is 303 g/mol. The summed E-state index contributed by atoms with van der Waals surface area (Å²) in [7, 11) is 0. The summed E-state index contributed by atoms with van der Waals surface area (Å²) in [5, 5.41) is 12.2. The number of aryl methyl sites for hydroxylation is 2. The number of ether oxygens (including phenoxy) is 1. The Morgan fingerprint density at radius 2 is 1.95 bits per heavy atom. The van der Waals surface area contributed by atoms with Crippen molar-refractivity contribution in [1.82, 2.24) is 5.32 Å². The molecule has 0 aliphatic heterocycles. The molecule has 1 saturated carbocycles. The van der Waals surface area contributed by atoms with E-state index in [-0.39, 0.29) is 25.2 Å². The number of carbonyl (C=O) groups excluding carboxylic acids is 1. The number of nitrogens with one attached hydrogen (secondary N) is 1. The van der Waals surface area contributed by atoms with Crippen molar-refractivity contribution in [2.75, 3.05) is 13.2 Å². The number of aliphatic hydroxyl groups is 1. The van der Waals surface area contributed by atoms with Crippen LogP contribution in [0.25, 0.3) is 0 Å². The minimum atomic E-state index is -0.0482. The van der Waals surface area contributed by atoms with Crippen LogP contribution in [-0.2, 0) is 17.6 Å². The van der Waals surface area contributed by atoms with Crippen LogP contribution in [0.2, 0.25) is 0 Å². The molecule has 0 saturated heterocycles. The molecule has 1 fully saturated rings. The molecule has 120 valence electrons. The highest BCUT2D eigenvalue weighted by Gasteiger charge is 2.22. The van der Waals surface area contributed by atoms with Gasteiger partial charge in [0.2, 0.25) is 0 Å². The van der Waals surface area contributed by atoms with Crippen molar-refractivity contribution in [2.45, 2.75) is 51.0 Å². The Balaban J connectivity index is 1.43. The molecule has 4 heteroatoms. The van der Waals surface area contributed by atoms with Crippen molar-refractivity contribution in [3.05, 3.63) is 29.3 Å². The Morgan fingerprint density at radius 1 is 1.18 bits per heavy atom. The van der Waals surface area contributed by atoms with Gasteiger partial charge in [-0.2, -0.15) is 0 Å². The smallest absolute Gasteiger partial charge is 0.258 e. The molecular weight excluding hydrogens is 278 g/mol. The molecule has 2 aliphatic rings. The largest absolute Gasteiger partial charge is 0.484 e. The fraction of sp³-hybridized carbons (Fsp3) is 0.611. The van der Waals surface area contributed by atoms with Gasteiger partial charge in [0, 0.05) is 12.6 Å². The van der Waals surface area contributed by atoms with Gasteiger partial charge in [0.15, 0.2) is 6.61 Å². The van der Waals surface area contributed by atoms with Gasteiger partial charge in [-0.15, -0.1) is 0 Å². The number of aliphatic hydroxyl groups excluding tert-OH is 1. The van der Waals surface area contributed by atoms with E-state index in [9.17, 15) is 4.79 Å². The van der Waals surface area contributed by atoms with Crippen molar-refractivity contribution in [1.29, 1.82) is 0 Å². The monoisotopic (exact) mass is 303 g/mol. The average Bonchev–Trinajstić information content (AvgIpc) is 3.01. The summed E-state index contributed by atoms with van der Waals surface area (Å²) >= 11 is 0. The second-order valence-corrected chi connectivity index (χ2v) is 6.54. The maximum Gasteiger partial charge on any atom is 0.258 e. The number of hydrogen-bond acceptors (Lipinski definition) is 3. The lowest BCUT2D eigenvalue weighted by atomic mass is 9.86. The number of carbonyl (C=O) groups is 1. The fourth-order valence-electron chi connectivity index (χ4n) is 3.55. The van der Waals surface area contributed by atoms with Gasteiger partial charge in [-0.05, 0) is 74.1 Å². The SMILES string of the molecule is O=C(COc1ccc2c(c1)CCC2)NC1CCC(CO)CC1. The van der Waals surface area contributed by atoms with E-state index in [4.69, 9.17) is 9.84 Å². The molecule has 4 nitrogen and oxygen atoms in total. The van der Waals surface area contributed by atoms with Crippen molar-refractivity contribution >= 4 is 5.91 Å². The van der Waals surface area contributed by atoms with E-state index in [0.29, 0.717) is 5.92 Å². The lowest BCUT2D eigenvalue weighted by Gasteiger charge is -2.27. The minimum absolute atomic E-state index is 0.0482. The van der Waals surface area contributed by atoms with E-state index < -0.39 is 0 Å². The fourth-order valence-corrected chi connectivity index (χ4v) is 3.55. The second-order valence-electron chi connectivity index (χ2n) is 6.54. The molecule has 22 heavy (non-hydrogen) atoms. The number of rotatable bonds is 5. The van der Waals surface area contributed by atoms with E-state index in [0.717, 1.165) is 44.3 Å². The molecule has 2 aliphatic carbocycles. The first-order valence-electron chi connectivity index (χ1n) is 8.39. The Bertz CT molecular complexity index is 521. The predicted molar refractivity (Wildman–Crippen MR) is 84.9 cm³/mol. The summed E-state index contributed by atoms with van der Waals surface area (Å²) < 4.78 is 5.62. The molecule has 0 unspecified atom stereocenters. The Hall–Kier alpha value is -1.55. The minimum Gasteiger partial charge on any atom is -0.484 e. The van der Waals surface area contributed by atoms with Gasteiger partial charge in [0.05, 0.1) is 0 Å². The molecule has 0 radical (unpaired) electrons. The van der Waals surface area contributed by atoms with Crippen molar-refractivity contribution in [3.8, 4) is 5.75 Å². The van der Waals surface area contributed by atoms with Crippen molar-refractivity contribution in [2.24, 2.45) is 5.92 Å². The first-order valence-corrected chi connectivity index (χ1v) is 8.39. The molecule has 0 atom stereocenters. The normalized spacial score (nSPS) is 23.9. The third kappa shape index (κ3) is 3.80. The van der Waals surface area contributed by atoms with Crippen molar-refractivity contribution < 1.29 is 14.6 Å². The van der Waals surface area contributed by atoms with Gasteiger partial charge in [0.1, 0.15) is 5.75 Å².